The Bertz CT molecular complexity index is 371. The molecule has 1 heterocycles. The number of halogens is 3. The third kappa shape index (κ3) is 3.23. The van der Waals surface area contributed by atoms with Crippen molar-refractivity contribution in [1.82, 2.24) is 4.98 Å². The second-order valence-electron chi connectivity index (χ2n) is 2.88. The number of rotatable bonds is 4. The predicted octanol–water partition coefficient (Wildman–Crippen LogP) is 2.54. The van der Waals surface area contributed by atoms with Crippen molar-refractivity contribution in [2.45, 2.75) is 18.2 Å². The number of nitrogens with zero attached hydrogens (tertiary/aromatic N) is 1. The lowest BCUT2D eigenvalue weighted by Crippen LogP contribution is -2.04. The van der Waals surface area contributed by atoms with Gasteiger partial charge >= 0.3 is 5.97 Å². The zero-order valence-corrected chi connectivity index (χ0v) is 9.17. The number of pyridine rings is 1. The summed E-state index contributed by atoms with van der Waals surface area (Å²) in [5.74, 6) is -1.03. The molecule has 1 N–H and O–H groups in total. The predicted molar refractivity (Wildman–Crippen MR) is 53.2 cm³/mol. The van der Waals surface area contributed by atoms with Gasteiger partial charge in [0.05, 0.1) is 12.1 Å². The van der Waals surface area contributed by atoms with Crippen LogP contribution in [0.15, 0.2) is 12.3 Å². The normalized spacial score (nSPS) is 10.7. The van der Waals surface area contributed by atoms with Crippen molar-refractivity contribution >= 4 is 21.9 Å². The molecule has 3 nitrogen and oxygen atoms in total. The third-order valence-corrected chi connectivity index (χ3v) is 2.40. The molecule has 0 amide bonds. The molecular formula is C9H8BrF2NO2. The second kappa shape index (κ2) is 5.16. The number of alkyl halides is 3. The number of hydrogen-bond donors (Lipinski definition) is 1. The highest BCUT2D eigenvalue weighted by atomic mass is 79.9. The molecule has 0 spiro atoms. The Labute approximate surface area is 93.3 Å². The summed E-state index contributed by atoms with van der Waals surface area (Å²) in [5.41, 5.74) is 0.485. The molecule has 0 fully saturated rings. The summed E-state index contributed by atoms with van der Waals surface area (Å²) in [5, 5.41) is 8.76. The van der Waals surface area contributed by atoms with Crippen molar-refractivity contribution in [1.29, 1.82) is 0 Å². The summed E-state index contributed by atoms with van der Waals surface area (Å²) in [7, 11) is 0. The summed E-state index contributed by atoms with van der Waals surface area (Å²) in [6.45, 7) is 0. The minimum absolute atomic E-state index is 0.166. The average Bonchev–Trinajstić information content (AvgIpc) is 2.16. The molecule has 0 saturated carbocycles. The fourth-order valence-corrected chi connectivity index (χ4v) is 1.61. The molecule has 15 heavy (non-hydrogen) atoms. The maximum atomic E-state index is 12.4. The van der Waals surface area contributed by atoms with Gasteiger partial charge in [0.25, 0.3) is 6.43 Å². The van der Waals surface area contributed by atoms with Crippen molar-refractivity contribution in [2.24, 2.45) is 0 Å². The van der Waals surface area contributed by atoms with Crippen LogP contribution in [0.3, 0.4) is 0 Å². The molecule has 6 heteroatoms. The molecule has 0 aromatic carbocycles. The lowest BCUT2D eigenvalue weighted by molar-refractivity contribution is -0.136. The molecule has 0 aliphatic carbocycles. The van der Waals surface area contributed by atoms with E-state index in [2.05, 4.69) is 20.9 Å². The Morgan fingerprint density at radius 1 is 1.60 bits per heavy atom. The van der Waals surface area contributed by atoms with Crippen molar-refractivity contribution in [3.05, 3.63) is 29.1 Å². The molecule has 1 rings (SSSR count). The summed E-state index contributed by atoms with van der Waals surface area (Å²) in [6.07, 6.45) is -1.83. The Hall–Kier alpha value is -1.04. The van der Waals surface area contributed by atoms with E-state index in [1.807, 2.05) is 0 Å². The van der Waals surface area contributed by atoms with Crippen LogP contribution in [0.5, 0.6) is 0 Å². The van der Waals surface area contributed by atoms with E-state index < -0.39 is 12.4 Å². The first kappa shape index (κ1) is 12.0. The molecular weight excluding hydrogens is 272 g/mol. The molecule has 0 radical (unpaired) electrons. The van der Waals surface area contributed by atoms with Crippen LogP contribution in [-0.2, 0) is 16.5 Å². The van der Waals surface area contributed by atoms with Gasteiger partial charge in [-0.3, -0.25) is 9.78 Å². The fourth-order valence-electron chi connectivity index (χ4n) is 1.12. The summed E-state index contributed by atoms with van der Waals surface area (Å²) in [4.78, 5) is 14.1. The molecule has 0 atom stereocenters. The van der Waals surface area contributed by atoms with Gasteiger partial charge in [0.1, 0.15) is 0 Å². The van der Waals surface area contributed by atoms with E-state index in [1.54, 1.807) is 0 Å². The van der Waals surface area contributed by atoms with Crippen LogP contribution in [0, 0.1) is 0 Å². The Balaban J connectivity index is 3.02. The van der Waals surface area contributed by atoms with Gasteiger partial charge in [0.2, 0.25) is 0 Å². The average molecular weight is 280 g/mol. The third-order valence-electron chi connectivity index (χ3n) is 1.79. The Morgan fingerprint density at radius 2 is 2.27 bits per heavy atom. The first-order valence-corrected chi connectivity index (χ1v) is 5.20. The number of carboxylic acid groups (broad SMARTS) is 1. The van der Waals surface area contributed by atoms with Crippen molar-refractivity contribution in [3.8, 4) is 0 Å². The van der Waals surface area contributed by atoms with E-state index in [0.717, 1.165) is 6.20 Å². The van der Waals surface area contributed by atoms with E-state index in [0.29, 0.717) is 5.56 Å². The van der Waals surface area contributed by atoms with E-state index in [1.165, 1.54) is 6.07 Å². The van der Waals surface area contributed by atoms with Gasteiger partial charge in [0, 0.05) is 17.1 Å². The van der Waals surface area contributed by atoms with Crippen LogP contribution in [0.4, 0.5) is 8.78 Å². The van der Waals surface area contributed by atoms with Crippen LogP contribution in [0.2, 0.25) is 0 Å². The first-order chi connectivity index (χ1) is 7.04. The summed E-state index contributed by atoms with van der Waals surface area (Å²) >= 11 is 3.07. The van der Waals surface area contributed by atoms with Crippen molar-refractivity contribution in [3.63, 3.8) is 0 Å². The largest absolute Gasteiger partial charge is 0.481 e. The van der Waals surface area contributed by atoms with Gasteiger partial charge in [-0.05, 0) is 11.6 Å². The second-order valence-corrected chi connectivity index (χ2v) is 3.44. The minimum Gasteiger partial charge on any atom is -0.481 e. The van der Waals surface area contributed by atoms with Crippen LogP contribution in [-0.4, -0.2) is 16.1 Å². The van der Waals surface area contributed by atoms with Gasteiger partial charge in [-0.2, -0.15) is 0 Å². The van der Waals surface area contributed by atoms with E-state index >= 15 is 0 Å². The van der Waals surface area contributed by atoms with E-state index in [-0.39, 0.29) is 23.0 Å². The molecule has 0 aliphatic heterocycles. The van der Waals surface area contributed by atoms with E-state index in [9.17, 15) is 13.6 Å². The molecule has 0 aliphatic rings. The maximum Gasteiger partial charge on any atom is 0.309 e. The van der Waals surface area contributed by atoms with Gasteiger partial charge in [0.15, 0.2) is 0 Å². The van der Waals surface area contributed by atoms with Crippen molar-refractivity contribution < 1.29 is 18.7 Å². The van der Waals surface area contributed by atoms with Crippen LogP contribution in [0.1, 0.15) is 23.2 Å². The summed E-state index contributed by atoms with van der Waals surface area (Å²) in [6, 6.07) is 1.38. The van der Waals surface area contributed by atoms with Gasteiger partial charge in [-0.25, -0.2) is 8.78 Å². The van der Waals surface area contributed by atoms with Crippen LogP contribution >= 0.6 is 15.9 Å². The highest BCUT2D eigenvalue weighted by Gasteiger charge is 2.14. The number of aliphatic carboxylic acids is 1. The summed E-state index contributed by atoms with van der Waals surface area (Å²) < 4.78 is 24.9. The van der Waals surface area contributed by atoms with E-state index in [4.69, 9.17) is 5.11 Å². The highest BCUT2D eigenvalue weighted by molar-refractivity contribution is 9.08. The molecule has 1 aromatic heterocycles. The number of hydrogen-bond acceptors (Lipinski definition) is 2. The standard InChI is InChI=1S/C9H8BrF2NO2/c10-3-5-1-6(2-8(14)15)13-4-7(5)9(11)12/h1,4,9H,2-3H2,(H,14,15). The van der Waals surface area contributed by atoms with Crippen LogP contribution < -0.4 is 0 Å². The number of carboxylic acids is 1. The Morgan fingerprint density at radius 3 is 2.73 bits per heavy atom. The lowest BCUT2D eigenvalue weighted by Gasteiger charge is -2.07. The van der Waals surface area contributed by atoms with Gasteiger partial charge in [-0.15, -0.1) is 0 Å². The molecule has 82 valence electrons. The zero-order chi connectivity index (χ0) is 11.4. The first-order valence-electron chi connectivity index (χ1n) is 4.08. The lowest BCUT2D eigenvalue weighted by atomic mass is 10.1. The van der Waals surface area contributed by atoms with Gasteiger partial charge < -0.3 is 5.11 Å². The topological polar surface area (TPSA) is 50.2 Å². The fraction of sp³-hybridized carbons (Fsp3) is 0.333. The SMILES string of the molecule is O=C(O)Cc1cc(CBr)c(C(F)F)cn1. The molecule has 0 saturated heterocycles. The van der Waals surface area contributed by atoms with Crippen molar-refractivity contribution in [2.75, 3.05) is 0 Å². The zero-order valence-electron chi connectivity index (χ0n) is 7.58. The number of carbonyl (C=O) groups is 1. The molecule has 0 unspecified atom stereocenters. The minimum atomic E-state index is -2.59. The monoisotopic (exact) mass is 279 g/mol. The highest BCUT2D eigenvalue weighted by Crippen LogP contribution is 2.24. The molecule has 1 aromatic rings. The van der Waals surface area contributed by atoms with Crippen LogP contribution in [0.25, 0.3) is 0 Å². The number of aromatic nitrogens is 1. The quantitative estimate of drug-likeness (QED) is 0.862. The smallest absolute Gasteiger partial charge is 0.309 e. The molecule has 0 bridgehead atoms. The Kier molecular flexibility index (Phi) is 4.14. The van der Waals surface area contributed by atoms with Gasteiger partial charge in [-0.1, -0.05) is 15.9 Å². The maximum absolute atomic E-state index is 12.4.